The van der Waals surface area contributed by atoms with Crippen molar-refractivity contribution >= 4 is 0 Å². The molecule has 0 aromatic rings. The van der Waals surface area contributed by atoms with Crippen LogP contribution in [0.5, 0.6) is 0 Å². The second-order valence-electron chi connectivity index (χ2n) is 6.81. The fourth-order valence-electron chi connectivity index (χ4n) is 4.37. The first-order chi connectivity index (χ1) is 9.72. The van der Waals surface area contributed by atoms with Gasteiger partial charge < -0.3 is 0 Å². The molecule has 0 aliphatic heterocycles. The average Bonchev–Trinajstić information content (AvgIpc) is 2.48. The molecule has 108 valence electrons. The number of rotatable bonds is 3. The van der Waals surface area contributed by atoms with Gasteiger partial charge in [-0.05, 0) is 80.4 Å². The molecular weight excluding hydrogens is 240 g/mol. The van der Waals surface area contributed by atoms with E-state index in [4.69, 9.17) is 0 Å². The molecule has 0 N–H and O–H groups in total. The topological polar surface area (TPSA) is 0 Å². The van der Waals surface area contributed by atoms with Gasteiger partial charge in [-0.3, -0.25) is 0 Å². The Morgan fingerprint density at radius 2 is 1.90 bits per heavy atom. The van der Waals surface area contributed by atoms with E-state index in [1.165, 1.54) is 44.9 Å². The van der Waals surface area contributed by atoms with Crippen molar-refractivity contribution in [2.24, 2.45) is 11.8 Å². The number of fused-ring (bicyclic) bond motifs is 2. The number of hydrogen-bond acceptors (Lipinski definition) is 0. The Hall–Kier alpha value is -1.04. The summed E-state index contributed by atoms with van der Waals surface area (Å²) in [6.07, 6.45) is 16.5. The van der Waals surface area contributed by atoms with Gasteiger partial charge in [0.15, 0.2) is 0 Å². The maximum absolute atomic E-state index is 2.58. The zero-order chi connectivity index (χ0) is 14.1. The molecule has 0 saturated heterocycles. The maximum atomic E-state index is 2.58. The van der Waals surface area contributed by atoms with E-state index in [0.29, 0.717) is 0 Å². The van der Waals surface area contributed by atoms with Crippen molar-refractivity contribution in [3.05, 3.63) is 46.1 Å². The Morgan fingerprint density at radius 3 is 2.65 bits per heavy atom. The molecule has 1 atom stereocenters. The summed E-state index contributed by atoms with van der Waals surface area (Å²) in [4.78, 5) is 0. The third-order valence-corrected chi connectivity index (χ3v) is 5.59. The summed E-state index contributed by atoms with van der Waals surface area (Å²) in [5.41, 5.74) is 8.35. The monoisotopic (exact) mass is 268 g/mol. The van der Waals surface area contributed by atoms with Crippen molar-refractivity contribution < 1.29 is 0 Å². The van der Waals surface area contributed by atoms with Gasteiger partial charge in [-0.1, -0.05) is 43.2 Å². The fourth-order valence-corrected chi connectivity index (χ4v) is 4.37. The minimum Gasteiger partial charge on any atom is -0.0727 e. The fraction of sp³-hybridized carbons (Fsp3) is 0.600. The van der Waals surface area contributed by atoms with E-state index in [2.05, 4.69) is 39.0 Å². The molecule has 0 aromatic heterocycles. The third kappa shape index (κ3) is 2.45. The lowest BCUT2D eigenvalue weighted by atomic mass is 9.70. The third-order valence-electron chi connectivity index (χ3n) is 5.59. The maximum Gasteiger partial charge on any atom is -0.0119 e. The molecule has 0 amide bonds. The second-order valence-corrected chi connectivity index (χ2v) is 6.81. The zero-order valence-electron chi connectivity index (χ0n) is 13.3. The van der Waals surface area contributed by atoms with Crippen LogP contribution in [0.1, 0.15) is 65.7 Å². The predicted molar refractivity (Wildman–Crippen MR) is 87.6 cm³/mol. The van der Waals surface area contributed by atoms with E-state index in [1.807, 2.05) is 0 Å². The molecular formula is C20H28. The van der Waals surface area contributed by atoms with E-state index in [9.17, 15) is 0 Å². The van der Waals surface area contributed by atoms with Crippen LogP contribution < -0.4 is 0 Å². The van der Waals surface area contributed by atoms with Gasteiger partial charge in [0.1, 0.15) is 0 Å². The van der Waals surface area contributed by atoms with Gasteiger partial charge in [0.2, 0.25) is 0 Å². The summed E-state index contributed by atoms with van der Waals surface area (Å²) < 4.78 is 0. The normalized spacial score (nSPS) is 25.8. The molecule has 0 spiro atoms. The average molecular weight is 268 g/mol. The molecule has 0 heterocycles. The first-order valence-corrected chi connectivity index (χ1v) is 8.53. The molecule has 0 bridgehead atoms. The molecule has 3 rings (SSSR count). The largest absolute Gasteiger partial charge is 0.0727 e. The summed E-state index contributed by atoms with van der Waals surface area (Å²) in [7, 11) is 0. The van der Waals surface area contributed by atoms with Crippen LogP contribution >= 0.6 is 0 Å². The van der Waals surface area contributed by atoms with Crippen molar-refractivity contribution in [1.29, 1.82) is 0 Å². The second kappa shape index (κ2) is 5.76. The highest BCUT2D eigenvalue weighted by Crippen LogP contribution is 2.45. The van der Waals surface area contributed by atoms with Crippen molar-refractivity contribution in [1.82, 2.24) is 0 Å². The molecule has 0 fully saturated rings. The lowest BCUT2D eigenvalue weighted by Gasteiger charge is -2.35. The van der Waals surface area contributed by atoms with Gasteiger partial charge in [0.05, 0.1) is 0 Å². The zero-order valence-corrected chi connectivity index (χ0v) is 13.3. The minimum absolute atomic E-state index is 0.821. The SMILES string of the molecule is CCC(CC)C1=CC2=C(CC1)C1=CC=C(C)CC1CC2. The van der Waals surface area contributed by atoms with E-state index < -0.39 is 0 Å². The highest BCUT2D eigenvalue weighted by atomic mass is 14.3. The molecule has 1 unspecified atom stereocenters. The van der Waals surface area contributed by atoms with Crippen LogP contribution in [0, 0.1) is 11.8 Å². The van der Waals surface area contributed by atoms with Gasteiger partial charge in [-0.15, -0.1) is 0 Å². The molecule has 0 saturated carbocycles. The summed E-state index contributed by atoms with van der Waals surface area (Å²) in [6.45, 7) is 6.96. The minimum atomic E-state index is 0.821. The first-order valence-electron chi connectivity index (χ1n) is 8.53. The van der Waals surface area contributed by atoms with Crippen molar-refractivity contribution in [3.63, 3.8) is 0 Å². The lowest BCUT2D eigenvalue weighted by molar-refractivity contribution is 0.507. The van der Waals surface area contributed by atoms with Gasteiger partial charge >= 0.3 is 0 Å². The predicted octanol–water partition coefficient (Wildman–Crippen LogP) is 6.13. The Labute approximate surface area is 124 Å². The Kier molecular flexibility index (Phi) is 4.01. The highest BCUT2D eigenvalue weighted by Gasteiger charge is 2.29. The van der Waals surface area contributed by atoms with E-state index in [1.54, 1.807) is 27.9 Å². The van der Waals surface area contributed by atoms with Crippen LogP contribution in [0.2, 0.25) is 0 Å². The quantitative estimate of drug-likeness (QED) is 0.578. The van der Waals surface area contributed by atoms with Crippen LogP contribution in [0.3, 0.4) is 0 Å². The number of allylic oxidation sites excluding steroid dienone is 8. The first kappa shape index (κ1) is 13.9. The molecule has 0 radical (unpaired) electrons. The summed E-state index contributed by atoms with van der Waals surface area (Å²) in [5, 5.41) is 0. The molecule has 3 aliphatic rings. The van der Waals surface area contributed by atoms with Crippen LogP contribution in [0.25, 0.3) is 0 Å². The van der Waals surface area contributed by atoms with E-state index >= 15 is 0 Å². The van der Waals surface area contributed by atoms with Crippen LogP contribution in [-0.2, 0) is 0 Å². The molecule has 0 nitrogen and oxygen atoms in total. The van der Waals surface area contributed by atoms with Gasteiger partial charge in [0, 0.05) is 0 Å². The standard InChI is InChI=1S/C20H28/c1-4-15(5-2)16-9-11-20-18(13-16)8-7-17-12-14(3)6-10-19(17)20/h6,10,13,15,17H,4-5,7-9,11-12H2,1-3H3. The Balaban J connectivity index is 1.92. The van der Waals surface area contributed by atoms with Gasteiger partial charge in [0.25, 0.3) is 0 Å². The van der Waals surface area contributed by atoms with Gasteiger partial charge in [-0.25, -0.2) is 0 Å². The molecule has 20 heavy (non-hydrogen) atoms. The molecule has 3 aliphatic carbocycles. The smallest absolute Gasteiger partial charge is 0.0119 e. The van der Waals surface area contributed by atoms with Crippen molar-refractivity contribution in [3.8, 4) is 0 Å². The summed E-state index contributed by atoms with van der Waals surface area (Å²) >= 11 is 0. The Bertz CT molecular complexity index is 506. The van der Waals surface area contributed by atoms with Crippen LogP contribution in [0.15, 0.2) is 46.1 Å². The van der Waals surface area contributed by atoms with Crippen molar-refractivity contribution in [2.75, 3.05) is 0 Å². The van der Waals surface area contributed by atoms with E-state index in [-0.39, 0.29) is 0 Å². The summed E-state index contributed by atoms with van der Waals surface area (Å²) in [5.74, 6) is 1.64. The number of hydrogen-bond donors (Lipinski definition) is 0. The molecule has 0 aromatic carbocycles. The lowest BCUT2D eigenvalue weighted by Crippen LogP contribution is -2.19. The van der Waals surface area contributed by atoms with Crippen LogP contribution in [0.4, 0.5) is 0 Å². The van der Waals surface area contributed by atoms with Gasteiger partial charge in [-0.2, -0.15) is 0 Å². The van der Waals surface area contributed by atoms with E-state index in [0.717, 1.165) is 11.8 Å². The van der Waals surface area contributed by atoms with Crippen LogP contribution in [-0.4, -0.2) is 0 Å². The summed E-state index contributed by atoms with van der Waals surface area (Å²) in [6, 6.07) is 0. The highest BCUT2D eigenvalue weighted by molar-refractivity contribution is 5.50. The molecule has 0 heteroatoms. The Morgan fingerprint density at radius 1 is 1.10 bits per heavy atom. The van der Waals surface area contributed by atoms with Crippen molar-refractivity contribution in [2.45, 2.75) is 65.7 Å².